The summed E-state index contributed by atoms with van der Waals surface area (Å²) in [6, 6.07) is 11.0. The SMILES string of the molecule is COC(=O)C(C(=O)OC)[C@@H]1C=C[C@]2(C(=O)N(C)c3cc(Cl)cc(C)c32)c2ccccc21. The molecular formula is C24H22ClNO5. The van der Waals surface area contributed by atoms with Gasteiger partial charge in [0, 0.05) is 23.6 Å². The normalized spacial score (nSPS) is 21.3. The van der Waals surface area contributed by atoms with Crippen LogP contribution in [-0.2, 0) is 29.3 Å². The molecule has 1 spiro atoms. The maximum Gasteiger partial charge on any atom is 0.321 e. The lowest BCUT2D eigenvalue weighted by Gasteiger charge is -2.36. The number of hydrogen-bond donors (Lipinski definition) is 0. The van der Waals surface area contributed by atoms with Crippen molar-refractivity contribution in [2.45, 2.75) is 18.3 Å². The van der Waals surface area contributed by atoms with E-state index in [1.54, 1.807) is 30.2 Å². The summed E-state index contributed by atoms with van der Waals surface area (Å²) in [5.41, 5.74) is 2.83. The number of esters is 2. The molecule has 6 nitrogen and oxygen atoms in total. The lowest BCUT2D eigenvalue weighted by molar-refractivity contribution is -0.159. The summed E-state index contributed by atoms with van der Waals surface area (Å²) >= 11 is 6.28. The summed E-state index contributed by atoms with van der Waals surface area (Å²) in [5.74, 6) is -3.31. The topological polar surface area (TPSA) is 72.9 Å². The van der Waals surface area contributed by atoms with Gasteiger partial charge in [-0.05, 0) is 35.7 Å². The van der Waals surface area contributed by atoms with Gasteiger partial charge in [-0.15, -0.1) is 0 Å². The Morgan fingerprint density at radius 3 is 2.42 bits per heavy atom. The van der Waals surface area contributed by atoms with E-state index in [-0.39, 0.29) is 5.91 Å². The number of carbonyl (C=O) groups excluding carboxylic acids is 3. The molecule has 0 saturated carbocycles. The highest BCUT2D eigenvalue weighted by atomic mass is 35.5. The molecule has 2 atom stereocenters. The second-order valence-corrected chi connectivity index (χ2v) is 8.22. The third kappa shape index (κ3) is 2.89. The van der Waals surface area contributed by atoms with Gasteiger partial charge in [0.2, 0.25) is 5.91 Å². The first-order chi connectivity index (χ1) is 14.8. The summed E-state index contributed by atoms with van der Waals surface area (Å²) < 4.78 is 9.77. The predicted molar refractivity (Wildman–Crippen MR) is 116 cm³/mol. The first-order valence-corrected chi connectivity index (χ1v) is 10.2. The quantitative estimate of drug-likeness (QED) is 0.415. The van der Waals surface area contributed by atoms with E-state index in [9.17, 15) is 14.4 Å². The Kier molecular flexibility index (Phi) is 5.13. The molecule has 0 saturated heterocycles. The van der Waals surface area contributed by atoms with Gasteiger partial charge in [0.05, 0.1) is 19.9 Å². The number of allylic oxidation sites excluding steroid dienone is 1. The van der Waals surface area contributed by atoms with Crippen molar-refractivity contribution in [3.05, 3.63) is 75.8 Å². The number of nitrogens with zero attached hydrogens (tertiary/aromatic N) is 1. The van der Waals surface area contributed by atoms with E-state index in [4.69, 9.17) is 21.1 Å². The van der Waals surface area contributed by atoms with Gasteiger partial charge in [0.1, 0.15) is 5.41 Å². The summed E-state index contributed by atoms with van der Waals surface area (Å²) in [6.07, 6.45) is 3.54. The predicted octanol–water partition coefficient (Wildman–Crippen LogP) is 3.53. The Labute approximate surface area is 185 Å². The molecule has 1 aliphatic heterocycles. The lowest BCUT2D eigenvalue weighted by atomic mass is 9.65. The van der Waals surface area contributed by atoms with Crippen molar-refractivity contribution in [2.75, 3.05) is 26.2 Å². The van der Waals surface area contributed by atoms with E-state index >= 15 is 0 Å². The molecule has 2 aliphatic rings. The van der Waals surface area contributed by atoms with E-state index in [0.29, 0.717) is 10.6 Å². The van der Waals surface area contributed by atoms with E-state index in [2.05, 4.69) is 0 Å². The van der Waals surface area contributed by atoms with Gasteiger partial charge in [-0.2, -0.15) is 0 Å². The fraction of sp³-hybridized carbons (Fsp3) is 0.292. The zero-order chi connectivity index (χ0) is 22.5. The average molecular weight is 440 g/mol. The van der Waals surface area contributed by atoms with E-state index in [1.165, 1.54) is 14.2 Å². The Balaban J connectivity index is 1.99. The van der Waals surface area contributed by atoms with Crippen molar-refractivity contribution in [1.29, 1.82) is 0 Å². The number of carbonyl (C=O) groups is 3. The Morgan fingerprint density at radius 2 is 1.77 bits per heavy atom. The Morgan fingerprint density at radius 1 is 1.13 bits per heavy atom. The van der Waals surface area contributed by atoms with Crippen molar-refractivity contribution >= 4 is 35.1 Å². The van der Waals surface area contributed by atoms with Crippen molar-refractivity contribution in [2.24, 2.45) is 5.92 Å². The number of aryl methyl sites for hydroxylation is 1. The van der Waals surface area contributed by atoms with E-state index < -0.39 is 29.2 Å². The van der Waals surface area contributed by atoms with Crippen molar-refractivity contribution < 1.29 is 23.9 Å². The lowest BCUT2D eigenvalue weighted by Crippen LogP contribution is -2.42. The van der Waals surface area contributed by atoms with Gasteiger partial charge in [-0.1, -0.05) is 48.0 Å². The first-order valence-electron chi connectivity index (χ1n) is 9.81. The molecule has 0 radical (unpaired) electrons. The van der Waals surface area contributed by atoms with E-state index in [0.717, 1.165) is 22.4 Å². The highest BCUT2D eigenvalue weighted by molar-refractivity contribution is 6.31. The second kappa shape index (κ2) is 7.54. The van der Waals surface area contributed by atoms with Crippen LogP contribution in [-0.4, -0.2) is 39.1 Å². The maximum atomic E-state index is 13.7. The molecule has 0 fully saturated rings. The molecule has 160 valence electrons. The highest BCUT2D eigenvalue weighted by Gasteiger charge is 2.54. The number of benzene rings is 2. The second-order valence-electron chi connectivity index (χ2n) is 7.79. The number of rotatable bonds is 3. The van der Waals surface area contributed by atoms with Crippen LogP contribution in [0.2, 0.25) is 5.02 Å². The van der Waals surface area contributed by atoms with Crippen LogP contribution >= 0.6 is 11.6 Å². The molecule has 7 heteroatoms. The molecule has 0 aromatic heterocycles. The number of anilines is 1. The minimum Gasteiger partial charge on any atom is -0.468 e. The molecule has 0 N–H and O–H groups in total. The number of fused-ring (bicyclic) bond motifs is 4. The summed E-state index contributed by atoms with van der Waals surface area (Å²) in [6.45, 7) is 1.92. The molecular weight excluding hydrogens is 418 g/mol. The van der Waals surface area contributed by atoms with Crippen LogP contribution in [0.15, 0.2) is 48.6 Å². The molecule has 4 rings (SSSR count). The summed E-state index contributed by atoms with van der Waals surface area (Å²) in [7, 11) is 4.19. The number of halogens is 1. The summed E-state index contributed by atoms with van der Waals surface area (Å²) in [5, 5.41) is 0.551. The molecule has 2 aromatic rings. The monoisotopic (exact) mass is 439 g/mol. The van der Waals surface area contributed by atoms with Crippen LogP contribution < -0.4 is 4.90 Å². The van der Waals surface area contributed by atoms with Crippen LogP contribution in [0.25, 0.3) is 0 Å². The number of amides is 1. The van der Waals surface area contributed by atoms with E-state index in [1.807, 2.05) is 37.3 Å². The van der Waals surface area contributed by atoms with Gasteiger partial charge >= 0.3 is 11.9 Å². The molecule has 2 aromatic carbocycles. The van der Waals surface area contributed by atoms with Crippen LogP contribution in [0.1, 0.15) is 28.2 Å². The van der Waals surface area contributed by atoms with Gasteiger partial charge in [-0.25, -0.2) is 0 Å². The van der Waals surface area contributed by atoms with Crippen molar-refractivity contribution in [1.82, 2.24) is 0 Å². The number of likely N-dealkylation sites (N-methyl/N-ethyl adjacent to an activating group) is 1. The molecule has 1 amide bonds. The summed E-state index contributed by atoms with van der Waals surface area (Å²) in [4.78, 5) is 40.3. The van der Waals surface area contributed by atoms with Crippen LogP contribution in [0.5, 0.6) is 0 Å². The van der Waals surface area contributed by atoms with Crippen LogP contribution in [0.3, 0.4) is 0 Å². The van der Waals surface area contributed by atoms with Crippen molar-refractivity contribution in [3.8, 4) is 0 Å². The molecule has 31 heavy (non-hydrogen) atoms. The zero-order valence-corrected chi connectivity index (χ0v) is 18.4. The minimum absolute atomic E-state index is 0.122. The first kappa shape index (κ1) is 21.1. The van der Waals surface area contributed by atoms with Gasteiger partial charge in [-0.3, -0.25) is 14.4 Å². The third-order valence-corrected chi connectivity index (χ3v) is 6.46. The van der Waals surface area contributed by atoms with Crippen LogP contribution in [0, 0.1) is 12.8 Å². The molecule has 0 bridgehead atoms. The Hall–Kier alpha value is -3.12. The van der Waals surface area contributed by atoms with Crippen LogP contribution in [0.4, 0.5) is 5.69 Å². The number of methoxy groups -OCH3 is 2. The third-order valence-electron chi connectivity index (χ3n) is 6.24. The largest absolute Gasteiger partial charge is 0.468 e. The standard InChI is InChI=1S/C24H22ClNO5/c1-13-11-14(25)12-18-20(13)24(23(29)26(18)2)10-9-16(15-7-5-6-8-17(15)24)19(21(27)30-3)22(28)31-4/h5-12,16,19H,1-4H3/t16-,24+/m1/s1. The maximum absolute atomic E-state index is 13.7. The molecule has 0 unspecified atom stereocenters. The van der Waals surface area contributed by atoms with Gasteiger partial charge < -0.3 is 14.4 Å². The average Bonchev–Trinajstić information content (AvgIpc) is 2.97. The van der Waals surface area contributed by atoms with Gasteiger partial charge in [0.15, 0.2) is 5.92 Å². The zero-order valence-electron chi connectivity index (χ0n) is 17.6. The highest BCUT2D eigenvalue weighted by Crippen LogP contribution is 2.53. The van der Waals surface area contributed by atoms with Gasteiger partial charge in [0.25, 0.3) is 0 Å². The minimum atomic E-state index is -1.18. The molecule has 1 heterocycles. The molecule has 1 aliphatic carbocycles. The van der Waals surface area contributed by atoms with Crippen molar-refractivity contribution in [3.63, 3.8) is 0 Å². The fourth-order valence-electron chi connectivity index (χ4n) is 4.91. The number of hydrogen-bond acceptors (Lipinski definition) is 5. The number of ether oxygens (including phenoxy) is 2. The smallest absolute Gasteiger partial charge is 0.321 e. The fourth-order valence-corrected chi connectivity index (χ4v) is 5.18. The Bertz CT molecular complexity index is 1120.